The van der Waals surface area contributed by atoms with Crippen LogP contribution in [0.4, 0.5) is 32.3 Å². The number of aliphatic hydroxyl groups is 1. The largest absolute Gasteiger partial charge is 0.394 e. The molecule has 10 nitrogen and oxygen atoms in total. The van der Waals surface area contributed by atoms with Crippen molar-refractivity contribution >= 4 is 29.2 Å². The number of nitrogens with zero attached hydrogens (tertiary/aromatic N) is 4. The van der Waals surface area contributed by atoms with Gasteiger partial charge in [0.25, 0.3) is 0 Å². The maximum absolute atomic E-state index is 13.1. The Morgan fingerprint density at radius 2 is 2.12 bits per heavy atom. The van der Waals surface area contributed by atoms with Crippen LogP contribution in [0, 0.1) is 5.82 Å². The molecule has 1 aromatic carbocycles. The van der Waals surface area contributed by atoms with Gasteiger partial charge < -0.3 is 16.2 Å². The molecule has 0 saturated heterocycles. The summed E-state index contributed by atoms with van der Waals surface area (Å²) in [5.41, 5.74) is 6.20. The molecule has 1 aromatic heterocycles. The standard InChI is InChI=1S/C13H17FN8O2/c14-10-7-18-12(20-11(10)15)19-8-2-1-3-9(6-8)22(17)13(24)21(16)4-5-23/h1-3,6-7,23H,4-5,16-17H2,(H3,15,18,19,20). The summed E-state index contributed by atoms with van der Waals surface area (Å²) in [5, 5.41) is 13.2. The van der Waals surface area contributed by atoms with Crippen molar-refractivity contribution in [3.63, 3.8) is 0 Å². The van der Waals surface area contributed by atoms with E-state index in [0.29, 0.717) is 11.4 Å². The van der Waals surface area contributed by atoms with Crippen LogP contribution >= 0.6 is 0 Å². The zero-order chi connectivity index (χ0) is 17.7. The second kappa shape index (κ2) is 7.50. The molecule has 2 amide bonds. The molecule has 128 valence electrons. The summed E-state index contributed by atoms with van der Waals surface area (Å²) in [6, 6.07) is 5.70. The summed E-state index contributed by atoms with van der Waals surface area (Å²) >= 11 is 0. The highest BCUT2D eigenvalue weighted by Crippen LogP contribution is 2.21. The highest BCUT2D eigenvalue weighted by atomic mass is 19.1. The molecule has 1 heterocycles. The highest BCUT2D eigenvalue weighted by molar-refractivity contribution is 5.91. The van der Waals surface area contributed by atoms with E-state index in [1.54, 1.807) is 18.2 Å². The molecule has 0 aliphatic rings. The fourth-order valence-electron chi connectivity index (χ4n) is 1.76. The van der Waals surface area contributed by atoms with Gasteiger partial charge in [0.15, 0.2) is 11.6 Å². The van der Waals surface area contributed by atoms with E-state index >= 15 is 0 Å². The minimum Gasteiger partial charge on any atom is -0.394 e. The van der Waals surface area contributed by atoms with Gasteiger partial charge in [-0.3, -0.25) is 5.01 Å². The quantitative estimate of drug-likeness (QED) is 0.288. The van der Waals surface area contributed by atoms with Crippen LogP contribution in [0.2, 0.25) is 0 Å². The van der Waals surface area contributed by atoms with Crippen LogP contribution in [0.5, 0.6) is 0 Å². The molecule has 0 unspecified atom stereocenters. The van der Waals surface area contributed by atoms with Crippen LogP contribution < -0.4 is 27.7 Å². The predicted octanol–water partition coefficient (Wildman–Crippen LogP) is -0.0904. The summed E-state index contributed by atoms with van der Waals surface area (Å²) in [6.07, 6.45) is 0.939. The monoisotopic (exact) mass is 336 g/mol. The third-order valence-corrected chi connectivity index (χ3v) is 2.94. The van der Waals surface area contributed by atoms with Crippen molar-refractivity contribution in [3.8, 4) is 0 Å². The molecule has 0 atom stereocenters. The molecule has 24 heavy (non-hydrogen) atoms. The number of benzene rings is 1. The van der Waals surface area contributed by atoms with E-state index in [1.807, 2.05) is 0 Å². The Bertz CT molecular complexity index is 729. The minimum absolute atomic E-state index is 0.0623. The fourth-order valence-corrected chi connectivity index (χ4v) is 1.76. The fraction of sp³-hybridized carbons (Fsp3) is 0.154. The molecule has 0 spiro atoms. The molecule has 0 fully saturated rings. The van der Waals surface area contributed by atoms with E-state index in [-0.39, 0.29) is 24.9 Å². The molecule has 0 saturated carbocycles. The summed E-state index contributed by atoms with van der Waals surface area (Å²) in [6.45, 7) is -0.353. The molecule has 8 N–H and O–H groups in total. The Morgan fingerprint density at radius 1 is 1.38 bits per heavy atom. The minimum atomic E-state index is -0.722. The van der Waals surface area contributed by atoms with Gasteiger partial charge in [0.1, 0.15) is 0 Å². The number of nitrogens with one attached hydrogen (secondary N) is 1. The van der Waals surface area contributed by atoms with Crippen molar-refractivity contribution in [1.29, 1.82) is 0 Å². The van der Waals surface area contributed by atoms with Crippen molar-refractivity contribution in [2.24, 2.45) is 11.7 Å². The SMILES string of the molecule is Nc1nc(Nc2cccc(N(N)C(=O)N(N)CCO)c2)ncc1F. The Labute approximate surface area is 136 Å². The van der Waals surface area contributed by atoms with E-state index in [4.69, 9.17) is 22.5 Å². The third-order valence-electron chi connectivity index (χ3n) is 2.94. The maximum atomic E-state index is 13.1. The van der Waals surface area contributed by atoms with Gasteiger partial charge in [-0.05, 0) is 18.2 Å². The first-order valence-corrected chi connectivity index (χ1v) is 6.79. The number of rotatable bonds is 5. The molecule has 0 aliphatic carbocycles. The molecule has 0 aliphatic heterocycles. The molecule has 0 bridgehead atoms. The zero-order valence-corrected chi connectivity index (χ0v) is 12.6. The summed E-state index contributed by atoms with van der Waals surface area (Å²) in [7, 11) is 0. The smallest absolute Gasteiger partial charge is 0.353 e. The molecular weight excluding hydrogens is 319 g/mol. The number of hydrazine groups is 2. The Hall–Kier alpha value is -3.02. The Morgan fingerprint density at radius 3 is 2.79 bits per heavy atom. The highest BCUT2D eigenvalue weighted by Gasteiger charge is 2.17. The van der Waals surface area contributed by atoms with Crippen LogP contribution in [-0.2, 0) is 0 Å². The van der Waals surface area contributed by atoms with Crippen molar-refractivity contribution in [1.82, 2.24) is 15.0 Å². The molecule has 2 rings (SSSR count). The molecular formula is C13H17FN8O2. The lowest BCUT2D eigenvalue weighted by Gasteiger charge is -2.23. The number of amides is 2. The van der Waals surface area contributed by atoms with Crippen LogP contribution in [0.15, 0.2) is 30.5 Å². The lowest BCUT2D eigenvalue weighted by atomic mass is 10.2. The third kappa shape index (κ3) is 4.04. The van der Waals surface area contributed by atoms with Crippen molar-refractivity contribution < 1.29 is 14.3 Å². The van der Waals surface area contributed by atoms with Crippen molar-refractivity contribution in [2.45, 2.75) is 0 Å². The topological polar surface area (TPSA) is 160 Å². The molecule has 0 radical (unpaired) electrons. The van der Waals surface area contributed by atoms with Crippen LogP contribution in [0.1, 0.15) is 0 Å². The maximum Gasteiger partial charge on any atom is 0.353 e. The summed E-state index contributed by atoms with van der Waals surface area (Å²) in [5.74, 6) is 10.3. The van der Waals surface area contributed by atoms with Gasteiger partial charge in [0, 0.05) is 5.69 Å². The average Bonchev–Trinajstić information content (AvgIpc) is 2.57. The van der Waals surface area contributed by atoms with Crippen LogP contribution in [0.25, 0.3) is 0 Å². The average molecular weight is 336 g/mol. The second-order valence-electron chi connectivity index (χ2n) is 4.67. The van der Waals surface area contributed by atoms with Gasteiger partial charge in [-0.25, -0.2) is 30.9 Å². The van der Waals surface area contributed by atoms with Gasteiger partial charge in [-0.2, -0.15) is 4.98 Å². The number of carbonyl (C=O) groups excluding carboxylic acids is 1. The van der Waals surface area contributed by atoms with Crippen LogP contribution in [0.3, 0.4) is 0 Å². The number of aromatic nitrogens is 2. The van der Waals surface area contributed by atoms with E-state index in [1.165, 1.54) is 6.07 Å². The predicted molar refractivity (Wildman–Crippen MR) is 86.2 cm³/mol. The number of anilines is 4. The van der Waals surface area contributed by atoms with E-state index < -0.39 is 11.8 Å². The molecule has 2 aromatic rings. The van der Waals surface area contributed by atoms with E-state index in [9.17, 15) is 9.18 Å². The number of nitrogen functional groups attached to an aromatic ring is 1. The molecule has 11 heteroatoms. The first-order valence-electron chi connectivity index (χ1n) is 6.79. The van der Waals surface area contributed by atoms with Crippen LogP contribution in [-0.4, -0.2) is 39.3 Å². The number of hydrogen-bond donors (Lipinski definition) is 5. The lowest BCUT2D eigenvalue weighted by Crippen LogP contribution is -2.51. The van der Waals surface area contributed by atoms with Gasteiger partial charge in [-0.15, -0.1) is 0 Å². The van der Waals surface area contributed by atoms with Gasteiger partial charge in [0.05, 0.1) is 25.0 Å². The number of aliphatic hydroxyl groups excluding tert-OH is 1. The van der Waals surface area contributed by atoms with Crippen molar-refractivity contribution in [2.75, 3.05) is 29.2 Å². The van der Waals surface area contributed by atoms with Crippen molar-refractivity contribution in [3.05, 3.63) is 36.3 Å². The van der Waals surface area contributed by atoms with Gasteiger partial charge in [0.2, 0.25) is 5.95 Å². The van der Waals surface area contributed by atoms with Gasteiger partial charge in [-0.1, -0.05) is 6.07 Å². The number of carbonyl (C=O) groups is 1. The second-order valence-corrected chi connectivity index (χ2v) is 4.67. The number of halogens is 1. The first kappa shape index (κ1) is 17.3. The Balaban J connectivity index is 2.16. The number of urea groups is 1. The number of nitrogens with two attached hydrogens (primary N) is 3. The summed E-state index contributed by atoms with van der Waals surface area (Å²) < 4.78 is 13.1. The summed E-state index contributed by atoms with van der Waals surface area (Å²) in [4.78, 5) is 19.5. The van der Waals surface area contributed by atoms with Gasteiger partial charge >= 0.3 is 6.03 Å². The Kier molecular flexibility index (Phi) is 5.42. The van der Waals surface area contributed by atoms with E-state index in [0.717, 1.165) is 16.2 Å². The normalized spacial score (nSPS) is 10.3. The number of hydrogen-bond acceptors (Lipinski definition) is 8. The zero-order valence-electron chi connectivity index (χ0n) is 12.6. The van der Waals surface area contributed by atoms with E-state index in [2.05, 4.69) is 15.3 Å². The first-order chi connectivity index (χ1) is 11.4. The lowest BCUT2D eigenvalue weighted by molar-refractivity contribution is 0.184.